The molecule has 0 aliphatic rings. The predicted molar refractivity (Wildman–Crippen MR) is 82.8 cm³/mol. The molecule has 0 aliphatic heterocycles. The number of carbonyl (C=O) groups excluding carboxylic acids is 2. The van der Waals surface area contributed by atoms with Gasteiger partial charge in [0.2, 0.25) is 0 Å². The van der Waals surface area contributed by atoms with Gasteiger partial charge in [-0.1, -0.05) is 44.2 Å². The highest BCUT2D eigenvalue weighted by molar-refractivity contribution is 5.84. The number of amides is 2. The fourth-order valence-corrected chi connectivity index (χ4v) is 1.91. The topological polar surface area (TPSA) is 67.9 Å². The zero-order valence-corrected chi connectivity index (χ0v) is 13.5. The third-order valence-corrected chi connectivity index (χ3v) is 3.09. The van der Waals surface area contributed by atoms with Crippen LogP contribution in [0.4, 0.5) is 4.79 Å². The minimum absolute atomic E-state index is 0.162. The lowest BCUT2D eigenvalue weighted by molar-refractivity contribution is -0.171. The molecule has 0 saturated heterocycles. The van der Waals surface area contributed by atoms with E-state index in [4.69, 9.17) is 9.57 Å². The lowest BCUT2D eigenvalue weighted by Gasteiger charge is -2.23. The number of hydrogen-bond donors (Lipinski definition) is 1. The minimum Gasteiger partial charge on any atom is -0.445 e. The zero-order chi connectivity index (χ0) is 16.5. The van der Waals surface area contributed by atoms with E-state index >= 15 is 0 Å². The molecule has 122 valence electrons. The number of rotatable bonds is 7. The Kier molecular flexibility index (Phi) is 7.39. The van der Waals surface area contributed by atoms with E-state index in [1.807, 2.05) is 44.2 Å². The van der Waals surface area contributed by atoms with E-state index in [1.54, 1.807) is 0 Å². The van der Waals surface area contributed by atoms with E-state index in [1.165, 1.54) is 14.2 Å². The summed E-state index contributed by atoms with van der Waals surface area (Å²) in [4.78, 5) is 28.9. The summed E-state index contributed by atoms with van der Waals surface area (Å²) in [5.74, 6) is -0.0681. The second-order valence-corrected chi connectivity index (χ2v) is 5.41. The summed E-state index contributed by atoms with van der Waals surface area (Å²) < 4.78 is 5.14. The summed E-state index contributed by atoms with van der Waals surface area (Å²) in [5.41, 5.74) is 0.887. The van der Waals surface area contributed by atoms with E-state index in [2.05, 4.69) is 5.32 Å². The predicted octanol–water partition coefficient (Wildman–Crippen LogP) is 2.35. The highest BCUT2D eigenvalue weighted by Crippen LogP contribution is 2.08. The Bertz CT molecular complexity index is 476. The zero-order valence-electron chi connectivity index (χ0n) is 13.5. The third-order valence-electron chi connectivity index (χ3n) is 3.09. The Morgan fingerprint density at radius 2 is 1.86 bits per heavy atom. The smallest absolute Gasteiger partial charge is 0.408 e. The summed E-state index contributed by atoms with van der Waals surface area (Å²) in [7, 11) is 2.91. The molecule has 6 heteroatoms. The van der Waals surface area contributed by atoms with Crippen molar-refractivity contribution in [1.82, 2.24) is 10.4 Å². The molecule has 0 fully saturated rings. The molecule has 0 unspecified atom stereocenters. The molecule has 0 aliphatic carbocycles. The van der Waals surface area contributed by atoms with Gasteiger partial charge in [0.1, 0.15) is 12.6 Å². The van der Waals surface area contributed by atoms with Crippen molar-refractivity contribution in [1.29, 1.82) is 0 Å². The molecule has 0 saturated carbocycles. The van der Waals surface area contributed by atoms with Gasteiger partial charge in [-0.25, -0.2) is 9.86 Å². The van der Waals surface area contributed by atoms with Gasteiger partial charge in [-0.05, 0) is 17.9 Å². The van der Waals surface area contributed by atoms with Crippen LogP contribution in [0.25, 0.3) is 0 Å². The summed E-state index contributed by atoms with van der Waals surface area (Å²) in [6.07, 6.45) is -0.111. The highest BCUT2D eigenvalue weighted by Gasteiger charge is 2.25. The van der Waals surface area contributed by atoms with Gasteiger partial charge < -0.3 is 10.1 Å². The van der Waals surface area contributed by atoms with Gasteiger partial charge in [-0.15, -0.1) is 0 Å². The van der Waals surface area contributed by atoms with Gasteiger partial charge in [0, 0.05) is 7.05 Å². The van der Waals surface area contributed by atoms with Gasteiger partial charge in [-0.2, -0.15) is 0 Å². The lowest BCUT2D eigenvalue weighted by Crippen LogP contribution is -2.47. The van der Waals surface area contributed by atoms with Crippen LogP contribution >= 0.6 is 0 Å². The normalized spacial score (nSPS) is 11.9. The average molecular weight is 308 g/mol. The third kappa shape index (κ3) is 6.13. The lowest BCUT2D eigenvalue weighted by atomic mass is 10.0. The number of carbonyl (C=O) groups is 2. The van der Waals surface area contributed by atoms with E-state index in [0.717, 1.165) is 10.6 Å². The van der Waals surface area contributed by atoms with Gasteiger partial charge in [0.15, 0.2) is 0 Å². The first kappa shape index (κ1) is 18.0. The molecular weight excluding hydrogens is 284 g/mol. The minimum atomic E-state index is -0.673. The SMILES string of the molecule is CON(C)C(=O)[C@@H](CC(C)C)NC(=O)OCc1ccccc1. The monoisotopic (exact) mass is 308 g/mol. The van der Waals surface area contributed by atoms with Crippen LogP contribution < -0.4 is 5.32 Å². The van der Waals surface area contributed by atoms with Crippen molar-refractivity contribution in [2.75, 3.05) is 14.2 Å². The molecule has 1 aromatic rings. The standard InChI is InChI=1S/C16H24N2O4/c1-12(2)10-14(15(19)18(3)21-4)17-16(20)22-11-13-8-6-5-7-9-13/h5-9,12,14H,10-11H2,1-4H3,(H,17,20)/t14-/m1/s1. The van der Waals surface area contributed by atoms with Gasteiger partial charge in [-0.3, -0.25) is 9.63 Å². The molecule has 0 bridgehead atoms. The number of alkyl carbamates (subject to hydrolysis) is 1. The van der Waals surface area contributed by atoms with Crippen LogP contribution in [0.2, 0.25) is 0 Å². The van der Waals surface area contributed by atoms with Crippen LogP contribution in [0, 0.1) is 5.92 Å². The Balaban J connectivity index is 2.57. The molecule has 22 heavy (non-hydrogen) atoms. The van der Waals surface area contributed by atoms with Gasteiger partial charge in [0.05, 0.1) is 7.11 Å². The second-order valence-electron chi connectivity index (χ2n) is 5.41. The number of benzene rings is 1. The molecule has 1 atom stereocenters. The van der Waals surface area contributed by atoms with Crippen molar-refractivity contribution in [2.24, 2.45) is 5.92 Å². The fraction of sp³-hybridized carbons (Fsp3) is 0.500. The first-order valence-electron chi connectivity index (χ1n) is 7.23. The number of likely N-dealkylation sites (N-methyl/N-ethyl adjacent to an activating group) is 1. The van der Waals surface area contributed by atoms with Crippen molar-refractivity contribution in [2.45, 2.75) is 32.9 Å². The molecule has 0 radical (unpaired) electrons. The fourth-order valence-electron chi connectivity index (χ4n) is 1.91. The summed E-state index contributed by atoms with van der Waals surface area (Å²) in [6.45, 7) is 4.11. The molecule has 6 nitrogen and oxygen atoms in total. The van der Waals surface area contributed by atoms with Crippen molar-refractivity contribution < 1.29 is 19.2 Å². The summed E-state index contributed by atoms with van der Waals surface area (Å²) in [6, 6.07) is 8.69. The highest BCUT2D eigenvalue weighted by atomic mass is 16.7. The first-order valence-corrected chi connectivity index (χ1v) is 7.23. The maximum Gasteiger partial charge on any atom is 0.408 e. The largest absolute Gasteiger partial charge is 0.445 e. The van der Waals surface area contributed by atoms with Crippen LogP contribution in [0.3, 0.4) is 0 Å². The molecule has 1 aromatic carbocycles. The van der Waals surface area contributed by atoms with E-state index in [9.17, 15) is 9.59 Å². The molecule has 0 heterocycles. The average Bonchev–Trinajstić information content (AvgIpc) is 2.51. The van der Waals surface area contributed by atoms with Gasteiger partial charge in [0.25, 0.3) is 5.91 Å². The molecule has 1 rings (SSSR count). The number of nitrogens with one attached hydrogen (secondary N) is 1. The van der Waals surface area contributed by atoms with Crippen molar-refractivity contribution >= 4 is 12.0 Å². The van der Waals surface area contributed by atoms with Crippen molar-refractivity contribution in [3.05, 3.63) is 35.9 Å². The summed E-state index contributed by atoms with van der Waals surface area (Å²) >= 11 is 0. The molecular formula is C16H24N2O4. The maximum absolute atomic E-state index is 12.2. The van der Waals surface area contributed by atoms with Crippen molar-refractivity contribution in [3.8, 4) is 0 Å². The van der Waals surface area contributed by atoms with Crippen LogP contribution in [0.1, 0.15) is 25.8 Å². The Morgan fingerprint density at radius 3 is 2.41 bits per heavy atom. The molecule has 1 N–H and O–H groups in total. The van der Waals surface area contributed by atoms with Crippen LogP contribution in [-0.2, 0) is 21.0 Å². The maximum atomic E-state index is 12.2. The molecule has 0 aromatic heterocycles. The Hall–Kier alpha value is -2.08. The van der Waals surface area contributed by atoms with Crippen LogP contribution in [-0.4, -0.2) is 37.3 Å². The number of ether oxygens (including phenoxy) is 1. The first-order chi connectivity index (χ1) is 10.4. The second kappa shape index (κ2) is 9.04. The Morgan fingerprint density at radius 1 is 1.23 bits per heavy atom. The van der Waals surface area contributed by atoms with Crippen LogP contribution in [0.15, 0.2) is 30.3 Å². The molecule has 2 amide bonds. The number of hydroxylamine groups is 2. The van der Waals surface area contributed by atoms with Crippen molar-refractivity contribution in [3.63, 3.8) is 0 Å². The van der Waals surface area contributed by atoms with Crippen LogP contribution in [0.5, 0.6) is 0 Å². The van der Waals surface area contributed by atoms with E-state index in [-0.39, 0.29) is 18.4 Å². The number of hydrogen-bond acceptors (Lipinski definition) is 4. The van der Waals surface area contributed by atoms with E-state index < -0.39 is 12.1 Å². The van der Waals surface area contributed by atoms with Gasteiger partial charge >= 0.3 is 6.09 Å². The van der Waals surface area contributed by atoms with E-state index in [0.29, 0.717) is 6.42 Å². The molecule has 0 spiro atoms. The summed E-state index contributed by atoms with van der Waals surface area (Å²) in [5, 5.41) is 3.70. The number of nitrogens with zero attached hydrogens (tertiary/aromatic N) is 1. The quantitative estimate of drug-likeness (QED) is 0.785. The Labute approximate surface area is 131 Å².